The Labute approximate surface area is 110 Å². The number of unbranched alkanes of at least 4 members (excludes halogenated alkanes) is 2. The highest BCUT2D eigenvalue weighted by Gasteiger charge is 2.18. The second-order valence-corrected chi connectivity index (χ2v) is 5.32. The van der Waals surface area contributed by atoms with Crippen LogP contribution >= 0.6 is 0 Å². The van der Waals surface area contributed by atoms with Crippen LogP contribution in [0.25, 0.3) is 0 Å². The van der Waals surface area contributed by atoms with Crippen molar-refractivity contribution < 1.29 is 14.3 Å². The summed E-state index contributed by atoms with van der Waals surface area (Å²) < 4.78 is 5.16. The molecule has 0 aromatic carbocycles. The molecule has 0 radical (unpaired) electrons. The second-order valence-electron chi connectivity index (χ2n) is 5.32. The topological polar surface area (TPSA) is 55.4 Å². The Balaban J connectivity index is 4.05. The number of amides is 1. The molecule has 0 rings (SSSR count). The standard InChI is InChI=1S/C14H25NO3/c1-5-6-7-8-9-12(10-11-16)15-13(17)18-14(2,3)4/h5,11-12H,1,6-10H2,2-4H3,(H,15,17). The molecule has 1 unspecified atom stereocenters. The smallest absolute Gasteiger partial charge is 0.407 e. The molecule has 1 atom stereocenters. The van der Waals surface area contributed by atoms with E-state index in [9.17, 15) is 9.59 Å². The average Bonchev–Trinajstić information content (AvgIpc) is 2.21. The van der Waals surface area contributed by atoms with Crippen molar-refractivity contribution in [2.45, 2.75) is 64.5 Å². The van der Waals surface area contributed by atoms with Gasteiger partial charge in [0.25, 0.3) is 0 Å². The largest absolute Gasteiger partial charge is 0.444 e. The summed E-state index contributed by atoms with van der Waals surface area (Å²) in [6, 6.07) is -0.137. The van der Waals surface area contributed by atoms with Gasteiger partial charge >= 0.3 is 6.09 Å². The fourth-order valence-corrected chi connectivity index (χ4v) is 1.52. The van der Waals surface area contributed by atoms with E-state index in [0.29, 0.717) is 6.42 Å². The van der Waals surface area contributed by atoms with Crippen LogP contribution in [0.3, 0.4) is 0 Å². The Morgan fingerprint density at radius 3 is 2.56 bits per heavy atom. The third-order valence-electron chi connectivity index (χ3n) is 2.31. The molecule has 0 aromatic heterocycles. The molecule has 4 nitrogen and oxygen atoms in total. The molecule has 1 N–H and O–H groups in total. The number of nitrogens with one attached hydrogen (secondary N) is 1. The van der Waals surface area contributed by atoms with Gasteiger partial charge in [-0.25, -0.2) is 4.79 Å². The van der Waals surface area contributed by atoms with E-state index < -0.39 is 11.7 Å². The molecule has 0 bridgehead atoms. The zero-order valence-electron chi connectivity index (χ0n) is 11.7. The Kier molecular flexibility index (Phi) is 8.08. The van der Waals surface area contributed by atoms with Gasteiger partial charge in [0.2, 0.25) is 0 Å². The third kappa shape index (κ3) is 9.87. The Bertz CT molecular complexity index is 269. The van der Waals surface area contributed by atoms with Gasteiger partial charge < -0.3 is 14.8 Å². The zero-order chi connectivity index (χ0) is 14.0. The number of hydrogen-bond donors (Lipinski definition) is 1. The van der Waals surface area contributed by atoms with Crippen molar-refractivity contribution in [2.24, 2.45) is 0 Å². The number of hydrogen-bond acceptors (Lipinski definition) is 3. The van der Waals surface area contributed by atoms with Gasteiger partial charge in [-0.15, -0.1) is 6.58 Å². The summed E-state index contributed by atoms with van der Waals surface area (Å²) in [5, 5.41) is 2.73. The van der Waals surface area contributed by atoms with Crippen molar-refractivity contribution in [3.05, 3.63) is 12.7 Å². The predicted octanol–water partition coefficient (Wildman–Crippen LogP) is 3.22. The summed E-state index contributed by atoms with van der Waals surface area (Å²) in [5.41, 5.74) is -0.515. The van der Waals surface area contributed by atoms with Gasteiger partial charge in [0, 0.05) is 12.5 Å². The fraction of sp³-hybridized carbons (Fsp3) is 0.714. The molecule has 1 amide bonds. The molecule has 0 spiro atoms. The van der Waals surface area contributed by atoms with Crippen molar-refractivity contribution in [2.75, 3.05) is 0 Å². The van der Waals surface area contributed by atoms with Gasteiger partial charge in [-0.2, -0.15) is 0 Å². The molecule has 0 aromatic rings. The minimum Gasteiger partial charge on any atom is -0.444 e. The number of carbonyl (C=O) groups excluding carboxylic acids is 2. The molecule has 18 heavy (non-hydrogen) atoms. The van der Waals surface area contributed by atoms with E-state index in [4.69, 9.17) is 4.74 Å². The van der Waals surface area contributed by atoms with Gasteiger partial charge in [-0.1, -0.05) is 12.5 Å². The first-order valence-electron chi connectivity index (χ1n) is 6.43. The monoisotopic (exact) mass is 255 g/mol. The lowest BCUT2D eigenvalue weighted by atomic mass is 10.1. The summed E-state index contributed by atoms with van der Waals surface area (Å²) in [6.45, 7) is 9.09. The molecule has 0 saturated heterocycles. The van der Waals surface area contributed by atoms with Gasteiger partial charge in [0.05, 0.1) is 0 Å². The normalized spacial score (nSPS) is 12.6. The highest BCUT2D eigenvalue weighted by atomic mass is 16.6. The number of allylic oxidation sites excluding steroid dienone is 1. The van der Waals surface area contributed by atoms with E-state index in [2.05, 4.69) is 11.9 Å². The SMILES string of the molecule is C=CCCCCC(CC=O)NC(=O)OC(C)(C)C. The molecule has 0 saturated carbocycles. The van der Waals surface area contributed by atoms with Gasteiger partial charge in [-0.05, 0) is 40.0 Å². The Morgan fingerprint density at radius 1 is 1.39 bits per heavy atom. The van der Waals surface area contributed by atoms with Crippen LogP contribution in [0.2, 0.25) is 0 Å². The van der Waals surface area contributed by atoms with Crippen LogP contribution in [0.5, 0.6) is 0 Å². The maximum absolute atomic E-state index is 11.6. The lowest BCUT2D eigenvalue weighted by molar-refractivity contribution is -0.108. The summed E-state index contributed by atoms with van der Waals surface area (Å²) in [6.07, 6.45) is 6.29. The van der Waals surface area contributed by atoms with Crippen molar-refractivity contribution in [3.8, 4) is 0 Å². The van der Waals surface area contributed by atoms with Crippen LogP contribution in [0.15, 0.2) is 12.7 Å². The molecule has 104 valence electrons. The number of carbonyl (C=O) groups is 2. The average molecular weight is 255 g/mol. The molecule has 0 aliphatic heterocycles. The number of aldehydes is 1. The van der Waals surface area contributed by atoms with E-state index in [-0.39, 0.29) is 6.04 Å². The maximum Gasteiger partial charge on any atom is 0.407 e. The zero-order valence-corrected chi connectivity index (χ0v) is 11.7. The minimum absolute atomic E-state index is 0.137. The van der Waals surface area contributed by atoms with E-state index in [0.717, 1.165) is 32.0 Å². The van der Waals surface area contributed by atoms with E-state index in [1.165, 1.54) is 0 Å². The highest BCUT2D eigenvalue weighted by Crippen LogP contribution is 2.10. The predicted molar refractivity (Wildman–Crippen MR) is 72.5 cm³/mol. The maximum atomic E-state index is 11.6. The first kappa shape index (κ1) is 16.7. The van der Waals surface area contributed by atoms with Crippen molar-refractivity contribution >= 4 is 12.4 Å². The Morgan fingerprint density at radius 2 is 2.06 bits per heavy atom. The lowest BCUT2D eigenvalue weighted by Crippen LogP contribution is -2.39. The van der Waals surface area contributed by atoms with Crippen LogP contribution in [0.1, 0.15) is 52.9 Å². The third-order valence-corrected chi connectivity index (χ3v) is 2.31. The molecule has 0 aliphatic rings. The van der Waals surface area contributed by atoms with Crippen LogP contribution in [-0.2, 0) is 9.53 Å². The van der Waals surface area contributed by atoms with E-state index in [1.807, 2.05) is 26.8 Å². The highest BCUT2D eigenvalue weighted by molar-refractivity contribution is 5.68. The fourth-order valence-electron chi connectivity index (χ4n) is 1.52. The molecule has 0 aliphatic carbocycles. The van der Waals surface area contributed by atoms with Gasteiger partial charge in [-0.3, -0.25) is 0 Å². The Hall–Kier alpha value is -1.32. The number of ether oxygens (including phenoxy) is 1. The molecule has 4 heteroatoms. The van der Waals surface area contributed by atoms with E-state index in [1.54, 1.807) is 0 Å². The summed E-state index contributed by atoms with van der Waals surface area (Å²) >= 11 is 0. The molecule has 0 heterocycles. The number of alkyl carbamates (subject to hydrolysis) is 1. The molecular weight excluding hydrogens is 230 g/mol. The lowest BCUT2D eigenvalue weighted by Gasteiger charge is -2.22. The van der Waals surface area contributed by atoms with Crippen molar-refractivity contribution in [1.82, 2.24) is 5.32 Å². The summed E-state index contributed by atoms with van der Waals surface area (Å²) in [7, 11) is 0. The van der Waals surface area contributed by atoms with Crippen molar-refractivity contribution in [3.63, 3.8) is 0 Å². The number of rotatable bonds is 8. The van der Waals surface area contributed by atoms with Crippen LogP contribution in [0, 0.1) is 0 Å². The summed E-state index contributed by atoms with van der Waals surface area (Å²) in [5.74, 6) is 0. The summed E-state index contributed by atoms with van der Waals surface area (Å²) in [4.78, 5) is 22.1. The van der Waals surface area contributed by atoms with E-state index >= 15 is 0 Å². The first-order valence-corrected chi connectivity index (χ1v) is 6.43. The molecular formula is C14H25NO3. The van der Waals surface area contributed by atoms with Crippen LogP contribution in [0.4, 0.5) is 4.79 Å². The van der Waals surface area contributed by atoms with Gasteiger partial charge in [0.15, 0.2) is 0 Å². The first-order chi connectivity index (χ1) is 8.39. The second kappa shape index (κ2) is 8.72. The molecule has 0 fully saturated rings. The van der Waals surface area contributed by atoms with Crippen LogP contribution < -0.4 is 5.32 Å². The minimum atomic E-state index is -0.515. The van der Waals surface area contributed by atoms with Gasteiger partial charge in [0.1, 0.15) is 11.9 Å². The van der Waals surface area contributed by atoms with Crippen LogP contribution in [-0.4, -0.2) is 24.0 Å². The van der Waals surface area contributed by atoms with Crippen molar-refractivity contribution in [1.29, 1.82) is 0 Å². The quantitative estimate of drug-likeness (QED) is 0.411.